The lowest BCUT2D eigenvalue weighted by Crippen LogP contribution is -2.45. The molecular weight excluding hydrogens is 383 g/mol. The van der Waals surface area contributed by atoms with Gasteiger partial charge in [-0.2, -0.15) is 0 Å². The van der Waals surface area contributed by atoms with Crippen molar-refractivity contribution in [1.29, 1.82) is 0 Å². The summed E-state index contributed by atoms with van der Waals surface area (Å²) >= 11 is 0. The van der Waals surface area contributed by atoms with E-state index in [-0.39, 0.29) is 0 Å². The standard InChI is InChI=1S/C31H55B/c1-18-8-11-25(12-9-18)26-14-15-28(23(6)22(26)5)30-17-16-29(24(7)31(30)32)27-13-10-19(2)20(3)21(27)4/h18-31H,8-17H2,1-7H3. The van der Waals surface area contributed by atoms with Crippen LogP contribution in [0.5, 0.6) is 0 Å². The molecule has 4 aliphatic carbocycles. The van der Waals surface area contributed by atoms with Crippen LogP contribution < -0.4 is 0 Å². The van der Waals surface area contributed by atoms with Crippen LogP contribution in [0.15, 0.2) is 0 Å². The molecule has 0 nitrogen and oxygen atoms in total. The molecule has 0 saturated heterocycles. The van der Waals surface area contributed by atoms with Gasteiger partial charge >= 0.3 is 0 Å². The van der Waals surface area contributed by atoms with Crippen LogP contribution in [0.3, 0.4) is 0 Å². The largest absolute Gasteiger partial charge is 0.0715 e. The molecule has 4 saturated carbocycles. The Morgan fingerprint density at radius 2 is 0.844 bits per heavy atom. The van der Waals surface area contributed by atoms with Crippen molar-refractivity contribution in [3.63, 3.8) is 0 Å². The Morgan fingerprint density at radius 1 is 0.406 bits per heavy atom. The van der Waals surface area contributed by atoms with Gasteiger partial charge in [-0.3, -0.25) is 0 Å². The fourth-order valence-corrected chi connectivity index (χ4v) is 9.79. The van der Waals surface area contributed by atoms with Crippen molar-refractivity contribution < 1.29 is 0 Å². The molecule has 32 heavy (non-hydrogen) atoms. The van der Waals surface area contributed by atoms with E-state index in [1.807, 2.05) is 0 Å². The topological polar surface area (TPSA) is 0 Å². The summed E-state index contributed by atoms with van der Waals surface area (Å²) in [5, 5.41) is 0. The van der Waals surface area contributed by atoms with Crippen molar-refractivity contribution in [3.8, 4) is 0 Å². The second-order valence-electron chi connectivity index (χ2n) is 13.9. The lowest BCUT2D eigenvalue weighted by Gasteiger charge is -2.54. The fraction of sp³-hybridized carbons (Fsp3) is 1.00. The van der Waals surface area contributed by atoms with Crippen molar-refractivity contribution in [3.05, 3.63) is 0 Å². The smallest absolute Gasteiger partial charge is 0.0707 e. The minimum atomic E-state index is 0.433. The van der Waals surface area contributed by atoms with Gasteiger partial charge in [0.15, 0.2) is 0 Å². The van der Waals surface area contributed by atoms with Gasteiger partial charge in [0, 0.05) is 0 Å². The fourth-order valence-electron chi connectivity index (χ4n) is 9.79. The SMILES string of the molecule is [B]C1C(C)C(C2CCC(C)C(C)C2C)CCC1C1CCC(C2CCC(C)CC2)C(C)C1C. The third kappa shape index (κ3) is 4.76. The van der Waals surface area contributed by atoms with Crippen LogP contribution in [0.25, 0.3) is 0 Å². The van der Waals surface area contributed by atoms with E-state index >= 15 is 0 Å². The maximum atomic E-state index is 7.16. The predicted molar refractivity (Wildman–Crippen MR) is 141 cm³/mol. The maximum Gasteiger partial charge on any atom is 0.0707 e. The van der Waals surface area contributed by atoms with E-state index < -0.39 is 0 Å². The summed E-state index contributed by atoms with van der Waals surface area (Å²) in [5.74, 6) is 12.0. The summed E-state index contributed by atoms with van der Waals surface area (Å²) in [6.07, 6.45) is 14.7. The van der Waals surface area contributed by atoms with E-state index in [4.69, 9.17) is 7.85 Å². The molecule has 12 unspecified atom stereocenters. The van der Waals surface area contributed by atoms with Crippen molar-refractivity contribution >= 4 is 7.85 Å². The van der Waals surface area contributed by atoms with Gasteiger partial charge in [0.05, 0.1) is 7.85 Å². The van der Waals surface area contributed by atoms with Gasteiger partial charge in [-0.05, 0) is 115 Å². The number of hydrogen-bond donors (Lipinski definition) is 0. The monoisotopic (exact) mass is 438 g/mol. The Balaban J connectivity index is 1.38. The summed E-state index contributed by atoms with van der Waals surface area (Å²) in [5.41, 5.74) is 0. The lowest BCUT2D eigenvalue weighted by atomic mass is 9.48. The van der Waals surface area contributed by atoms with Crippen molar-refractivity contribution in [1.82, 2.24) is 0 Å². The van der Waals surface area contributed by atoms with Crippen LogP contribution in [0.4, 0.5) is 0 Å². The minimum Gasteiger partial charge on any atom is -0.0715 e. The Bertz CT molecular complexity index is 591. The minimum absolute atomic E-state index is 0.433. The average Bonchev–Trinajstić information content (AvgIpc) is 2.78. The van der Waals surface area contributed by atoms with Crippen LogP contribution in [-0.4, -0.2) is 7.85 Å². The first kappa shape index (κ1) is 25.2. The van der Waals surface area contributed by atoms with Crippen LogP contribution >= 0.6 is 0 Å². The molecule has 0 aromatic rings. The first-order valence-corrected chi connectivity index (χ1v) is 15.0. The van der Waals surface area contributed by atoms with Crippen LogP contribution in [0, 0.1) is 76.9 Å². The average molecular weight is 439 g/mol. The third-order valence-electron chi connectivity index (χ3n) is 12.7. The van der Waals surface area contributed by atoms with Crippen molar-refractivity contribution in [2.24, 2.45) is 76.9 Å². The lowest BCUT2D eigenvalue weighted by molar-refractivity contribution is -0.0135. The first-order chi connectivity index (χ1) is 15.2. The highest BCUT2D eigenvalue weighted by atomic mass is 14.5. The molecule has 4 fully saturated rings. The summed E-state index contributed by atoms with van der Waals surface area (Å²) in [4.78, 5) is 0. The molecule has 4 aliphatic rings. The van der Waals surface area contributed by atoms with Gasteiger partial charge in [-0.1, -0.05) is 80.0 Å². The quantitative estimate of drug-likeness (QED) is 0.386. The zero-order valence-electron chi connectivity index (χ0n) is 22.7. The number of hydrogen-bond acceptors (Lipinski definition) is 0. The normalized spacial score (nSPS) is 55.5. The highest BCUT2D eigenvalue weighted by Gasteiger charge is 2.47. The van der Waals surface area contributed by atoms with E-state index in [1.54, 1.807) is 0 Å². The van der Waals surface area contributed by atoms with Crippen molar-refractivity contribution in [2.45, 2.75) is 118 Å². The van der Waals surface area contributed by atoms with Gasteiger partial charge in [0.1, 0.15) is 0 Å². The molecule has 4 rings (SSSR count). The van der Waals surface area contributed by atoms with Crippen LogP contribution in [0.1, 0.15) is 113 Å². The van der Waals surface area contributed by atoms with E-state index in [2.05, 4.69) is 48.5 Å². The second-order valence-corrected chi connectivity index (χ2v) is 13.9. The zero-order chi connectivity index (χ0) is 23.2. The molecule has 0 heterocycles. The molecule has 0 aromatic carbocycles. The van der Waals surface area contributed by atoms with E-state index in [1.165, 1.54) is 64.2 Å². The molecular formula is C31H55B. The second kappa shape index (κ2) is 10.4. The van der Waals surface area contributed by atoms with E-state index in [9.17, 15) is 0 Å². The first-order valence-electron chi connectivity index (χ1n) is 15.0. The zero-order valence-corrected chi connectivity index (χ0v) is 22.7. The summed E-state index contributed by atoms with van der Waals surface area (Å²) in [7, 11) is 7.16. The highest BCUT2D eigenvalue weighted by Crippen LogP contribution is 2.56. The van der Waals surface area contributed by atoms with Crippen LogP contribution in [0.2, 0.25) is 5.82 Å². The predicted octanol–water partition coefficient (Wildman–Crippen LogP) is 9.05. The molecule has 1 heteroatoms. The Kier molecular flexibility index (Phi) is 8.15. The summed E-state index contributed by atoms with van der Waals surface area (Å²) in [6.45, 7) is 17.8. The molecule has 0 N–H and O–H groups in total. The molecule has 12 atom stereocenters. The van der Waals surface area contributed by atoms with Crippen molar-refractivity contribution in [2.75, 3.05) is 0 Å². The molecule has 2 radical (unpaired) electrons. The number of rotatable bonds is 3. The molecule has 0 spiro atoms. The van der Waals surface area contributed by atoms with Gasteiger partial charge in [-0.25, -0.2) is 0 Å². The van der Waals surface area contributed by atoms with E-state index in [0.717, 1.165) is 71.0 Å². The van der Waals surface area contributed by atoms with Gasteiger partial charge < -0.3 is 0 Å². The highest BCUT2D eigenvalue weighted by molar-refractivity contribution is 6.12. The summed E-state index contributed by atoms with van der Waals surface area (Å²) < 4.78 is 0. The van der Waals surface area contributed by atoms with Crippen LogP contribution in [-0.2, 0) is 0 Å². The van der Waals surface area contributed by atoms with Gasteiger partial charge in [-0.15, -0.1) is 0 Å². The molecule has 0 aromatic heterocycles. The van der Waals surface area contributed by atoms with Gasteiger partial charge in [0.2, 0.25) is 0 Å². The molecule has 0 bridgehead atoms. The summed E-state index contributed by atoms with van der Waals surface area (Å²) in [6, 6.07) is 0. The van der Waals surface area contributed by atoms with E-state index in [0.29, 0.717) is 11.7 Å². The molecule has 0 aliphatic heterocycles. The third-order valence-corrected chi connectivity index (χ3v) is 12.7. The Hall–Kier alpha value is 0.0649. The molecule has 0 amide bonds. The maximum absolute atomic E-state index is 7.16. The Labute approximate surface area is 203 Å². The Morgan fingerprint density at radius 3 is 1.50 bits per heavy atom. The molecule has 182 valence electrons. The van der Waals surface area contributed by atoms with Gasteiger partial charge in [0.25, 0.3) is 0 Å².